The number of rotatable bonds is 8. The zero-order chi connectivity index (χ0) is 18.2. The van der Waals surface area contributed by atoms with E-state index in [0.717, 1.165) is 29.3 Å². The third-order valence-corrected chi connectivity index (χ3v) is 5.46. The molecule has 0 bridgehead atoms. The predicted molar refractivity (Wildman–Crippen MR) is 109 cm³/mol. The van der Waals surface area contributed by atoms with E-state index in [2.05, 4.69) is 15.9 Å². The molecule has 134 valence electrons. The molecule has 1 aliphatic heterocycles. The number of hydrogen-bond acceptors (Lipinski definition) is 5. The van der Waals surface area contributed by atoms with Crippen LogP contribution in [0.4, 0.5) is 0 Å². The molecule has 1 fully saturated rings. The Labute approximate surface area is 166 Å². The minimum Gasteiger partial charge on any atom is -0.466 e. The number of ether oxygens (including phenoxy) is 1. The molecule has 1 aromatic rings. The van der Waals surface area contributed by atoms with Crippen molar-refractivity contribution >= 4 is 62.2 Å². The molecule has 1 aromatic carbocycles. The van der Waals surface area contributed by atoms with Crippen molar-refractivity contribution in [3.8, 4) is 0 Å². The third kappa shape index (κ3) is 6.24. The molecule has 0 aliphatic carbocycles. The van der Waals surface area contributed by atoms with Gasteiger partial charge in [0.05, 0.1) is 11.5 Å². The van der Waals surface area contributed by atoms with Crippen molar-refractivity contribution in [1.29, 1.82) is 0 Å². The van der Waals surface area contributed by atoms with E-state index in [-0.39, 0.29) is 11.9 Å². The summed E-state index contributed by atoms with van der Waals surface area (Å²) in [5, 5.41) is 0. The molecule has 0 N–H and O–H groups in total. The van der Waals surface area contributed by atoms with Crippen LogP contribution in [0.3, 0.4) is 0 Å². The molecule has 0 radical (unpaired) electrons. The highest BCUT2D eigenvalue weighted by Crippen LogP contribution is 2.33. The number of unbranched alkanes of at least 4 members (excludes halogenated alkanes) is 2. The number of hydrogen-bond donors (Lipinski definition) is 0. The standard InChI is InChI=1S/C18H20BrNO3S2/c1-2-23-16(21)9-4-3-5-10-20-17(22)15(25-18(20)24)12-13-7-6-8-14(19)11-13/h6-8,11-12H,2-5,9-10H2,1H3/b15-12-. The molecule has 4 nitrogen and oxygen atoms in total. The van der Waals surface area contributed by atoms with Crippen molar-refractivity contribution in [3.63, 3.8) is 0 Å². The molecular formula is C18H20BrNO3S2. The van der Waals surface area contributed by atoms with Crippen LogP contribution in [0.15, 0.2) is 33.6 Å². The predicted octanol–water partition coefficient (Wildman–Crippen LogP) is 4.77. The van der Waals surface area contributed by atoms with E-state index in [4.69, 9.17) is 17.0 Å². The molecular weight excluding hydrogens is 422 g/mol. The van der Waals surface area contributed by atoms with Crippen molar-refractivity contribution < 1.29 is 14.3 Å². The number of carbonyl (C=O) groups is 2. The largest absolute Gasteiger partial charge is 0.466 e. The summed E-state index contributed by atoms with van der Waals surface area (Å²) in [6.07, 6.45) is 4.73. The maximum atomic E-state index is 12.5. The number of thiocarbonyl (C=S) groups is 1. The first-order chi connectivity index (χ1) is 12.0. The quantitative estimate of drug-likeness (QED) is 0.251. The molecule has 2 rings (SSSR count). The van der Waals surface area contributed by atoms with Gasteiger partial charge in [-0.25, -0.2) is 0 Å². The Morgan fingerprint density at radius 3 is 2.88 bits per heavy atom. The zero-order valence-electron chi connectivity index (χ0n) is 14.0. The van der Waals surface area contributed by atoms with Gasteiger partial charge < -0.3 is 4.74 Å². The van der Waals surface area contributed by atoms with Gasteiger partial charge in [-0.15, -0.1) is 0 Å². The second kappa shape index (κ2) is 10.1. The number of esters is 1. The van der Waals surface area contributed by atoms with Crippen LogP contribution >= 0.6 is 39.9 Å². The first-order valence-corrected chi connectivity index (χ1v) is 10.2. The Balaban J connectivity index is 1.84. The van der Waals surface area contributed by atoms with Crippen LogP contribution in [-0.2, 0) is 14.3 Å². The minimum absolute atomic E-state index is 0.0413. The Kier molecular flexibility index (Phi) is 8.12. The van der Waals surface area contributed by atoms with Gasteiger partial charge in [-0.05, 0) is 43.5 Å². The SMILES string of the molecule is CCOC(=O)CCCCCN1C(=O)/C(=C/c2cccc(Br)c2)SC1=S. The van der Waals surface area contributed by atoms with Gasteiger partial charge in [0.25, 0.3) is 5.91 Å². The van der Waals surface area contributed by atoms with Gasteiger partial charge in [-0.1, -0.05) is 58.5 Å². The number of benzene rings is 1. The molecule has 0 saturated carbocycles. The van der Waals surface area contributed by atoms with E-state index >= 15 is 0 Å². The normalized spacial score (nSPS) is 15.9. The number of amides is 1. The lowest BCUT2D eigenvalue weighted by atomic mass is 10.2. The average molecular weight is 442 g/mol. The topological polar surface area (TPSA) is 46.6 Å². The monoisotopic (exact) mass is 441 g/mol. The molecule has 25 heavy (non-hydrogen) atoms. The van der Waals surface area contributed by atoms with Crippen LogP contribution < -0.4 is 0 Å². The summed E-state index contributed by atoms with van der Waals surface area (Å²) in [4.78, 5) is 26.1. The first-order valence-electron chi connectivity index (χ1n) is 8.18. The molecule has 0 unspecified atom stereocenters. The smallest absolute Gasteiger partial charge is 0.305 e. The van der Waals surface area contributed by atoms with E-state index in [1.54, 1.807) is 11.8 Å². The van der Waals surface area contributed by atoms with Gasteiger partial charge in [0.2, 0.25) is 0 Å². The van der Waals surface area contributed by atoms with Gasteiger partial charge in [-0.3, -0.25) is 14.5 Å². The van der Waals surface area contributed by atoms with Crippen LogP contribution in [-0.4, -0.2) is 34.2 Å². The highest BCUT2D eigenvalue weighted by molar-refractivity contribution is 9.10. The third-order valence-electron chi connectivity index (χ3n) is 3.59. The lowest BCUT2D eigenvalue weighted by molar-refractivity contribution is -0.143. The molecule has 1 aliphatic rings. The summed E-state index contributed by atoms with van der Waals surface area (Å²) in [5.41, 5.74) is 0.962. The Bertz CT molecular complexity index is 691. The summed E-state index contributed by atoms with van der Waals surface area (Å²) in [7, 11) is 0. The van der Waals surface area contributed by atoms with Gasteiger partial charge in [-0.2, -0.15) is 0 Å². The maximum Gasteiger partial charge on any atom is 0.305 e. The summed E-state index contributed by atoms with van der Waals surface area (Å²) >= 11 is 10.1. The van der Waals surface area contributed by atoms with Gasteiger partial charge in [0, 0.05) is 17.4 Å². The van der Waals surface area contributed by atoms with Crippen molar-refractivity contribution in [2.45, 2.75) is 32.6 Å². The van der Waals surface area contributed by atoms with Gasteiger partial charge in [0.1, 0.15) is 4.32 Å². The lowest BCUT2D eigenvalue weighted by Crippen LogP contribution is -2.29. The van der Waals surface area contributed by atoms with E-state index in [0.29, 0.717) is 28.8 Å². The molecule has 1 heterocycles. The second-order valence-corrected chi connectivity index (χ2v) is 8.10. The van der Waals surface area contributed by atoms with Gasteiger partial charge in [0.15, 0.2) is 0 Å². The van der Waals surface area contributed by atoms with Crippen LogP contribution in [0.5, 0.6) is 0 Å². The molecule has 0 atom stereocenters. The fraction of sp³-hybridized carbons (Fsp3) is 0.389. The van der Waals surface area contributed by atoms with Crippen molar-refractivity contribution in [1.82, 2.24) is 4.90 Å². The van der Waals surface area contributed by atoms with Crippen molar-refractivity contribution in [2.24, 2.45) is 0 Å². The highest BCUT2D eigenvalue weighted by Gasteiger charge is 2.31. The van der Waals surface area contributed by atoms with Crippen LogP contribution in [0, 0.1) is 0 Å². The molecule has 0 spiro atoms. The zero-order valence-corrected chi connectivity index (χ0v) is 17.2. The Morgan fingerprint density at radius 1 is 1.36 bits per heavy atom. The van der Waals surface area contributed by atoms with E-state index < -0.39 is 0 Å². The Morgan fingerprint density at radius 2 is 2.16 bits per heavy atom. The van der Waals surface area contributed by atoms with Crippen LogP contribution in [0.2, 0.25) is 0 Å². The van der Waals surface area contributed by atoms with Gasteiger partial charge >= 0.3 is 5.97 Å². The maximum absolute atomic E-state index is 12.5. The summed E-state index contributed by atoms with van der Waals surface area (Å²) in [6, 6.07) is 7.79. The molecule has 0 aromatic heterocycles. The Hall–Kier alpha value is -1.18. The highest BCUT2D eigenvalue weighted by atomic mass is 79.9. The lowest BCUT2D eigenvalue weighted by Gasteiger charge is -2.13. The first kappa shape index (κ1) is 20.1. The second-order valence-electron chi connectivity index (χ2n) is 5.50. The average Bonchev–Trinajstić information content (AvgIpc) is 2.82. The summed E-state index contributed by atoms with van der Waals surface area (Å²) in [5.74, 6) is -0.203. The molecule has 1 saturated heterocycles. The fourth-order valence-corrected chi connectivity index (χ4v) is 4.12. The molecule has 7 heteroatoms. The summed E-state index contributed by atoms with van der Waals surface area (Å²) < 4.78 is 6.46. The van der Waals surface area contributed by atoms with Crippen LogP contribution in [0.1, 0.15) is 38.2 Å². The number of carbonyl (C=O) groups excluding carboxylic acids is 2. The van der Waals surface area contributed by atoms with Crippen molar-refractivity contribution in [2.75, 3.05) is 13.2 Å². The molecule has 1 amide bonds. The fourth-order valence-electron chi connectivity index (χ4n) is 2.39. The number of halogens is 1. The van der Waals surface area contributed by atoms with Crippen molar-refractivity contribution in [3.05, 3.63) is 39.2 Å². The van der Waals surface area contributed by atoms with E-state index in [1.165, 1.54) is 11.8 Å². The van der Waals surface area contributed by atoms with E-state index in [1.807, 2.05) is 30.3 Å². The summed E-state index contributed by atoms with van der Waals surface area (Å²) in [6.45, 7) is 2.80. The van der Waals surface area contributed by atoms with Crippen LogP contribution in [0.25, 0.3) is 6.08 Å². The number of nitrogens with zero attached hydrogens (tertiary/aromatic N) is 1. The minimum atomic E-state index is -0.162. The number of thioether (sulfide) groups is 1. The van der Waals surface area contributed by atoms with E-state index in [9.17, 15) is 9.59 Å².